The Kier molecular flexibility index (Phi) is 4.29. The highest BCUT2D eigenvalue weighted by atomic mass is 32.2. The van der Waals surface area contributed by atoms with Gasteiger partial charge < -0.3 is 4.74 Å². The van der Waals surface area contributed by atoms with Crippen molar-refractivity contribution in [2.45, 2.75) is 11.8 Å². The number of nitrogens with zero attached hydrogens (tertiary/aromatic N) is 1. The molecule has 0 amide bonds. The average molecular weight is 291 g/mol. The summed E-state index contributed by atoms with van der Waals surface area (Å²) in [6, 6.07) is 15.4. The van der Waals surface area contributed by atoms with Crippen molar-refractivity contribution in [3.8, 4) is 5.75 Å². The van der Waals surface area contributed by atoms with Crippen LogP contribution in [0, 0.1) is 0 Å². The molecule has 106 valence electrons. The van der Waals surface area contributed by atoms with E-state index in [2.05, 4.69) is 0 Å². The van der Waals surface area contributed by atoms with Gasteiger partial charge in [-0.05, 0) is 43.3 Å². The van der Waals surface area contributed by atoms with Gasteiger partial charge in [0.05, 0.1) is 17.2 Å². The third kappa shape index (κ3) is 2.93. The van der Waals surface area contributed by atoms with Gasteiger partial charge in [-0.2, -0.15) is 0 Å². The van der Waals surface area contributed by atoms with E-state index in [1.165, 1.54) is 4.31 Å². The summed E-state index contributed by atoms with van der Waals surface area (Å²) in [6.07, 6.45) is 0. The van der Waals surface area contributed by atoms with E-state index in [1.807, 2.05) is 13.0 Å². The average Bonchev–Trinajstić information content (AvgIpc) is 2.48. The van der Waals surface area contributed by atoms with Gasteiger partial charge in [-0.15, -0.1) is 0 Å². The lowest BCUT2D eigenvalue weighted by molar-refractivity contribution is 0.340. The van der Waals surface area contributed by atoms with E-state index in [1.54, 1.807) is 55.6 Å². The molecule has 20 heavy (non-hydrogen) atoms. The Morgan fingerprint density at radius 1 is 1.00 bits per heavy atom. The Bertz CT molecular complexity index is 651. The number of sulfonamides is 1. The second kappa shape index (κ2) is 5.96. The number of benzene rings is 2. The standard InChI is InChI=1S/C15H17NO3S/c1-3-19-14-9-11-15(12-10-14)20(17,18)16(2)13-7-5-4-6-8-13/h4-12H,3H2,1-2H3. The van der Waals surface area contributed by atoms with Crippen LogP contribution >= 0.6 is 0 Å². The van der Waals surface area contributed by atoms with E-state index in [0.29, 0.717) is 18.0 Å². The van der Waals surface area contributed by atoms with Gasteiger partial charge in [0, 0.05) is 7.05 Å². The van der Waals surface area contributed by atoms with Gasteiger partial charge in [-0.25, -0.2) is 8.42 Å². The molecule has 0 saturated heterocycles. The SMILES string of the molecule is CCOc1ccc(S(=O)(=O)N(C)c2ccccc2)cc1. The first-order chi connectivity index (χ1) is 9.55. The molecular formula is C15H17NO3S. The topological polar surface area (TPSA) is 46.6 Å². The smallest absolute Gasteiger partial charge is 0.264 e. The minimum absolute atomic E-state index is 0.243. The first kappa shape index (κ1) is 14.4. The van der Waals surface area contributed by atoms with Gasteiger partial charge in [0.1, 0.15) is 5.75 Å². The largest absolute Gasteiger partial charge is 0.494 e. The predicted octanol–water partition coefficient (Wildman–Crippen LogP) is 2.91. The Balaban J connectivity index is 2.30. The van der Waals surface area contributed by atoms with Crippen LogP contribution in [0.3, 0.4) is 0 Å². The van der Waals surface area contributed by atoms with Crippen LogP contribution in [-0.4, -0.2) is 22.1 Å². The second-order valence-corrected chi connectivity index (χ2v) is 6.18. The van der Waals surface area contributed by atoms with Crippen LogP contribution in [0.2, 0.25) is 0 Å². The first-order valence-electron chi connectivity index (χ1n) is 6.32. The lowest BCUT2D eigenvalue weighted by Gasteiger charge is -2.19. The highest BCUT2D eigenvalue weighted by Crippen LogP contribution is 2.23. The van der Waals surface area contributed by atoms with Crippen molar-refractivity contribution in [1.82, 2.24) is 0 Å². The molecule has 2 rings (SSSR count). The van der Waals surface area contributed by atoms with Crippen LogP contribution in [-0.2, 0) is 10.0 Å². The molecular weight excluding hydrogens is 274 g/mol. The predicted molar refractivity (Wildman–Crippen MR) is 79.6 cm³/mol. The van der Waals surface area contributed by atoms with Crippen LogP contribution in [0.15, 0.2) is 59.5 Å². The molecule has 0 aliphatic carbocycles. The highest BCUT2D eigenvalue weighted by molar-refractivity contribution is 7.92. The molecule has 0 aromatic heterocycles. The normalized spacial score (nSPS) is 11.1. The summed E-state index contributed by atoms with van der Waals surface area (Å²) in [5.41, 5.74) is 0.626. The van der Waals surface area contributed by atoms with Crippen molar-refractivity contribution in [3.05, 3.63) is 54.6 Å². The van der Waals surface area contributed by atoms with Crippen LogP contribution < -0.4 is 9.04 Å². The van der Waals surface area contributed by atoms with E-state index in [9.17, 15) is 8.42 Å². The molecule has 2 aromatic rings. The van der Waals surface area contributed by atoms with Crippen molar-refractivity contribution in [2.75, 3.05) is 18.0 Å². The van der Waals surface area contributed by atoms with Crippen molar-refractivity contribution < 1.29 is 13.2 Å². The molecule has 0 bridgehead atoms. The molecule has 0 radical (unpaired) electrons. The fraction of sp³-hybridized carbons (Fsp3) is 0.200. The molecule has 0 atom stereocenters. The van der Waals surface area contributed by atoms with E-state index >= 15 is 0 Å². The van der Waals surface area contributed by atoms with Gasteiger partial charge in [0.15, 0.2) is 0 Å². The summed E-state index contributed by atoms with van der Waals surface area (Å²) < 4.78 is 31.6. The minimum atomic E-state index is -3.55. The maximum absolute atomic E-state index is 12.5. The molecule has 2 aromatic carbocycles. The van der Waals surface area contributed by atoms with Gasteiger partial charge in [0.25, 0.3) is 10.0 Å². The van der Waals surface area contributed by atoms with Gasteiger partial charge in [-0.3, -0.25) is 4.31 Å². The maximum atomic E-state index is 12.5. The van der Waals surface area contributed by atoms with Gasteiger partial charge in [0.2, 0.25) is 0 Å². The fourth-order valence-electron chi connectivity index (χ4n) is 1.81. The third-order valence-electron chi connectivity index (χ3n) is 2.91. The molecule has 0 saturated carbocycles. The van der Waals surface area contributed by atoms with Gasteiger partial charge >= 0.3 is 0 Å². The monoisotopic (exact) mass is 291 g/mol. The summed E-state index contributed by atoms with van der Waals surface area (Å²) in [6.45, 7) is 2.43. The first-order valence-corrected chi connectivity index (χ1v) is 7.76. The third-order valence-corrected chi connectivity index (χ3v) is 4.71. The van der Waals surface area contributed by atoms with Crippen molar-refractivity contribution in [3.63, 3.8) is 0 Å². The molecule has 0 fully saturated rings. The number of ether oxygens (including phenoxy) is 1. The summed E-state index contributed by atoms with van der Waals surface area (Å²) in [5.74, 6) is 0.661. The zero-order valence-electron chi connectivity index (χ0n) is 11.5. The zero-order valence-corrected chi connectivity index (χ0v) is 12.3. The molecule has 0 heterocycles. The van der Waals surface area contributed by atoms with Crippen LogP contribution in [0.25, 0.3) is 0 Å². The highest BCUT2D eigenvalue weighted by Gasteiger charge is 2.20. The number of rotatable bonds is 5. The summed E-state index contributed by atoms with van der Waals surface area (Å²) in [7, 11) is -2.00. The molecule has 0 unspecified atom stereocenters. The van der Waals surface area contributed by atoms with E-state index < -0.39 is 10.0 Å². The Hall–Kier alpha value is -2.01. The molecule has 4 nitrogen and oxygen atoms in total. The number of anilines is 1. The molecule has 5 heteroatoms. The van der Waals surface area contributed by atoms with E-state index in [0.717, 1.165) is 0 Å². The van der Waals surface area contributed by atoms with Crippen molar-refractivity contribution >= 4 is 15.7 Å². The summed E-state index contributed by atoms with van der Waals surface area (Å²) in [4.78, 5) is 0.243. The van der Waals surface area contributed by atoms with Crippen LogP contribution in [0.5, 0.6) is 5.75 Å². The number of hydrogen-bond donors (Lipinski definition) is 0. The van der Waals surface area contributed by atoms with Crippen LogP contribution in [0.1, 0.15) is 6.92 Å². The Morgan fingerprint density at radius 2 is 1.60 bits per heavy atom. The second-order valence-electron chi connectivity index (χ2n) is 4.21. The fourth-order valence-corrected chi connectivity index (χ4v) is 3.00. The molecule has 0 aliphatic rings. The molecule has 0 spiro atoms. The maximum Gasteiger partial charge on any atom is 0.264 e. The van der Waals surface area contributed by atoms with E-state index in [-0.39, 0.29) is 4.90 Å². The van der Waals surface area contributed by atoms with Gasteiger partial charge in [-0.1, -0.05) is 18.2 Å². The quantitative estimate of drug-likeness (QED) is 0.851. The lowest BCUT2D eigenvalue weighted by atomic mass is 10.3. The zero-order chi connectivity index (χ0) is 14.6. The minimum Gasteiger partial charge on any atom is -0.494 e. The van der Waals surface area contributed by atoms with Crippen LogP contribution in [0.4, 0.5) is 5.69 Å². The van der Waals surface area contributed by atoms with E-state index in [4.69, 9.17) is 4.74 Å². The number of hydrogen-bond acceptors (Lipinski definition) is 3. The van der Waals surface area contributed by atoms with Crippen molar-refractivity contribution in [1.29, 1.82) is 0 Å². The number of para-hydroxylation sites is 1. The molecule has 0 N–H and O–H groups in total. The Morgan fingerprint density at radius 3 is 2.15 bits per heavy atom. The Labute approximate surface area is 119 Å². The molecule has 0 aliphatic heterocycles. The summed E-state index contributed by atoms with van der Waals surface area (Å²) in [5, 5.41) is 0. The summed E-state index contributed by atoms with van der Waals surface area (Å²) >= 11 is 0. The lowest BCUT2D eigenvalue weighted by Crippen LogP contribution is -2.26. The van der Waals surface area contributed by atoms with Crippen molar-refractivity contribution in [2.24, 2.45) is 0 Å².